The van der Waals surface area contributed by atoms with Gasteiger partial charge >= 0.3 is 5.97 Å². The maximum Gasteiger partial charge on any atom is 0.343 e. The van der Waals surface area contributed by atoms with Crippen LogP contribution in [0.15, 0.2) is 42.5 Å². The largest absolute Gasteiger partial charge is 0.420 e. The van der Waals surface area contributed by atoms with Gasteiger partial charge in [-0.1, -0.05) is 48.3 Å². The van der Waals surface area contributed by atoms with Crippen LogP contribution >= 0.6 is 23.2 Å². The highest BCUT2D eigenvalue weighted by Crippen LogP contribution is 2.36. The number of carbonyl (C=O) groups is 2. The normalized spacial score (nSPS) is 10.2. The second kappa shape index (κ2) is 6.74. The van der Waals surface area contributed by atoms with Crippen LogP contribution in [-0.2, 0) is 0 Å². The van der Waals surface area contributed by atoms with Gasteiger partial charge in [0.2, 0.25) is 0 Å². The lowest BCUT2D eigenvalue weighted by atomic mass is 10.1. The van der Waals surface area contributed by atoms with Gasteiger partial charge in [0.15, 0.2) is 11.5 Å². The zero-order valence-electron chi connectivity index (χ0n) is 11.2. The van der Waals surface area contributed by atoms with Crippen molar-refractivity contribution in [2.24, 2.45) is 0 Å². The highest BCUT2D eigenvalue weighted by Gasteiger charge is 2.20. The number of carbonyl (C=O) groups excluding carboxylic acids is 2. The molecule has 0 bridgehead atoms. The molecule has 21 heavy (non-hydrogen) atoms. The van der Waals surface area contributed by atoms with Gasteiger partial charge in [-0.2, -0.15) is 0 Å². The summed E-state index contributed by atoms with van der Waals surface area (Å²) in [6.45, 7) is 1.72. The number of benzene rings is 2. The van der Waals surface area contributed by atoms with Crippen molar-refractivity contribution >= 4 is 35.0 Å². The average Bonchev–Trinajstić information content (AvgIpc) is 2.52. The molecular weight excluding hydrogens is 311 g/mol. The molecule has 0 heterocycles. The molecule has 108 valence electrons. The lowest BCUT2D eigenvalue weighted by Gasteiger charge is -2.11. The molecule has 0 fully saturated rings. The van der Waals surface area contributed by atoms with E-state index in [0.29, 0.717) is 5.56 Å². The molecule has 0 aliphatic rings. The summed E-state index contributed by atoms with van der Waals surface area (Å²) in [5, 5.41) is 0.278. The van der Waals surface area contributed by atoms with E-state index in [-0.39, 0.29) is 33.6 Å². The van der Waals surface area contributed by atoms with Gasteiger partial charge in [0.25, 0.3) is 0 Å². The summed E-state index contributed by atoms with van der Waals surface area (Å²) in [6.07, 6.45) is 0.272. The average molecular weight is 323 g/mol. The maximum atomic E-state index is 12.1. The van der Waals surface area contributed by atoms with Gasteiger partial charge in [-0.05, 0) is 24.3 Å². The first-order valence-electron chi connectivity index (χ1n) is 6.33. The van der Waals surface area contributed by atoms with Gasteiger partial charge in [0, 0.05) is 6.42 Å². The number of hydrogen-bond acceptors (Lipinski definition) is 3. The SMILES string of the molecule is CCC(=O)c1ccc(Cl)c(Cl)c1OC(=O)c1ccccc1. The van der Waals surface area contributed by atoms with Gasteiger partial charge in [-0.15, -0.1) is 0 Å². The first-order chi connectivity index (χ1) is 10.0. The van der Waals surface area contributed by atoms with Crippen LogP contribution in [0.4, 0.5) is 0 Å². The van der Waals surface area contributed by atoms with E-state index in [4.69, 9.17) is 27.9 Å². The molecular formula is C16H12Cl2O3. The molecule has 0 aromatic heterocycles. The van der Waals surface area contributed by atoms with Gasteiger partial charge < -0.3 is 4.74 Å². The van der Waals surface area contributed by atoms with Crippen LogP contribution < -0.4 is 4.74 Å². The molecule has 0 aliphatic carbocycles. The van der Waals surface area contributed by atoms with Crippen molar-refractivity contribution < 1.29 is 14.3 Å². The third-order valence-electron chi connectivity index (χ3n) is 2.88. The van der Waals surface area contributed by atoms with Crippen molar-refractivity contribution in [2.45, 2.75) is 13.3 Å². The van der Waals surface area contributed by atoms with E-state index in [1.54, 1.807) is 37.3 Å². The predicted molar refractivity (Wildman–Crippen MR) is 82.5 cm³/mol. The highest BCUT2D eigenvalue weighted by molar-refractivity contribution is 6.43. The summed E-state index contributed by atoms with van der Waals surface area (Å²) in [5.41, 5.74) is 0.611. The molecule has 0 N–H and O–H groups in total. The topological polar surface area (TPSA) is 43.4 Å². The summed E-state index contributed by atoms with van der Waals surface area (Å²) < 4.78 is 5.29. The number of ketones is 1. The van der Waals surface area contributed by atoms with Crippen molar-refractivity contribution in [1.29, 1.82) is 0 Å². The van der Waals surface area contributed by atoms with E-state index in [1.807, 2.05) is 0 Å². The summed E-state index contributed by atoms with van der Waals surface area (Å²) >= 11 is 12.0. The zero-order chi connectivity index (χ0) is 15.4. The van der Waals surface area contributed by atoms with Crippen LogP contribution in [0.5, 0.6) is 5.75 Å². The summed E-state index contributed by atoms with van der Waals surface area (Å²) in [5.74, 6) is -0.765. The van der Waals surface area contributed by atoms with Crippen molar-refractivity contribution in [3.05, 3.63) is 63.6 Å². The van der Waals surface area contributed by atoms with Crippen molar-refractivity contribution in [1.82, 2.24) is 0 Å². The second-order valence-corrected chi connectivity index (χ2v) is 5.06. The molecule has 0 saturated heterocycles. The molecule has 0 atom stereocenters. The first-order valence-corrected chi connectivity index (χ1v) is 7.08. The van der Waals surface area contributed by atoms with E-state index in [9.17, 15) is 9.59 Å². The van der Waals surface area contributed by atoms with E-state index >= 15 is 0 Å². The molecule has 2 aromatic rings. The Kier molecular flexibility index (Phi) is 4.99. The van der Waals surface area contributed by atoms with Crippen LogP contribution in [0.3, 0.4) is 0 Å². The Morgan fingerprint density at radius 2 is 1.71 bits per heavy atom. The Bertz CT molecular complexity index is 681. The Balaban J connectivity index is 2.41. The molecule has 0 amide bonds. The Morgan fingerprint density at radius 3 is 2.33 bits per heavy atom. The minimum absolute atomic E-state index is 0.00451. The Labute approximate surface area is 132 Å². The minimum atomic E-state index is -0.593. The van der Waals surface area contributed by atoms with E-state index in [2.05, 4.69) is 0 Å². The van der Waals surface area contributed by atoms with Crippen LogP contribution in [0.1, 0.15) is 34.1 Å². The summed E-state index contributed by atoms with van der Waals surface area (Å²) in [6, 6.07) is 11.5. The van der Waals surface area contributed by atoms with Gasteiger partial charge in [-0.25, -0.2) is 4.79 Å². The van der Waals surface area contributed by atoms with Crippen LogP contribution in [0, 0.1) is 0 Å². The molecule has 5 heteroatoms. The van der Waals surface area contributed by atoms with Crippen molar-refractivity contribution in [3.8, 4) is 5.75 Å². The molecule has 2 rings (SSSR count). The van der Waals surface area contributed by atoms with Crippen LogP contribution in [0.2, 0.25) is 10.0 Å². The minimum Gasteiger partial charge on any atom is -0.420 e. The van der Waals surface area contributed by atoms with E-state index in [0.717, 1.165) is 0 Å². The van der Waals surface area contributed by atoms with Crippen LogP contribution in [0.25, 0.3) is 0 Å². The second-order valence-electron chi connectivity index (χ2n) is 4.27. The molecule has 3 nitrogen and oxygen atoms in total. The number of ether oxygens (including phenoxy) is 1. The monoisotopic (exact) mass is 322 g/mol. The summed E-state index contributed by atoms with van der Waals surface area (Å²) in [7, 11) is 0. The fourth-order valence-corrected chi connectivity index (χ4v) is 2.12. The van der Waals surface area contributed by atoms with E-state index in [1.165, 1.54) is 12.1 Å². The van der Waals surface area contributed by atoms with Crippen molar-refractivity contribution in [2.75, 3.05) is 0 Å². The van der Waals surface area contributed by atoms with Gasteiger partial charge in [0.1, 0.15) is 5.02 Å². The number of halogens is 2. The van der Waals surface area contributed by atoms with Gasteiger partial charge in [0.05, 0.1) is 16.1 Å². The lowest BCUT2D eigenvalue weighted by Crippen LogP contribution is -2.12. The number of hydrogen-bond donors (Lipinski definition) is 0. The first kappa shape index (κ1) is 15.5. The smallest absolute Gasteiger partial charge is 0.343 e. The third kappa shape index (κ3) is 3.43. The molecule has 0 spiro atoms. The highest BCUT2D eigenvalue weighted by atomic mass is 35.5. The Hall–Kier alpha value is -1.84. The zero-order valence-corrected chi connectivity index (χ0v) is 12.7. The predicted octanol–water partition coefficient (Wildman–Crippen LogP) is 4.81. The fraction of sp³-hybridized carbons (Fsp3) is 0.125. The number of rotatable bonds is 4. The number of esters is 1. The molecule has 0 radical (unpaired) electrons. The molecule has 0 unspecified atom stereocenters. The third-order valence-corrected chi connectivity index (χ3v) is 3.66. The maximum absolute atomic E-state index is 12.1. The molecule has 2 aromatic carbocycles. The summed E-state index contributed by atoms with van der Waals surface area (Å²) in [4.78, 5) is 24.0. The van der Waals surface area contributed by atoms with E-state index < -0.39 is 5.97 Å². The van der Waals surface area contributed by atoms with Crippen molar-refractivity contribution in [3.63, 3.8) is 0 Å². The Morgan fingerprint density at radius 1 is 1.05 bits per heavy atom. The van der Waals surface area contributed by atoms with Gasteiger partial charge in [-0.3, -0.25) is 4.79 Å². The molecule has 0 saturated carbocycles. The molecule has 0 aliphatic heterocycles. The quantitative estimate of drug-likeness (QED) is 0.461. The number of Topliss-reactive ketones (excluding diaryl/α,β-unsaturated/α-hetero) is 1. The fourth-order valence-electron chi connectivity index (χ4n) is 1.77. The van der Waals surface area contributed by atoms with Crippen LogP contribution in [-0.4, -0.2) is 11.8 Å². The standard InChI is InChI=1S/C16H12Cl2O3/c1-2-13(19)11-8-9-12(17)14(18)15(11)21-16(20)10-6-4-3-5-7-10/h3-9H,2H2,1H3. The lowest BCUT2D eigenvalue weighted by molar-refractivity contribution is 0.0732.